The van der Waals surface area contributed by atoms with Crippen LogP contribution < -0.4 is 16.4 Å². The van der Waals surface area contributed by atoms with Crippen molar-refractivity contribution in [3.8, 4) is 0 Å². The third-order valence-electron chi connectivity index (χ3n) is 3.90. The third-order valence-corrected chi connectivity index (χ3v) is 3.90. The molecule has 4 N–H and O–H groups in total. The van der Waals surface area contributed by atoms with Crippen molar-refractivity contribution in [2.45, 2.75) is 19.4 Å². The number of nitrogens with one attached hydrogen (secondary N) is 2. The van der Waals surface area contributed by atoms with E-state index in [1.165, 1.54) is 0 Å². The average molecular weight is 290 g/mol. The Labute approximate surface area is 124 Å². The van der Waals surface area contributed by atoms with Gasteiger partial charge in [-0.05, 0) is 26.0 Å². The molecule has 6 nitrogen and oxygen atoms in total. The van der Waals surface area contributed by atoms with Gasteiger partial charge in [-0.25, -0.2) is 0 Å². The number of primary amides is 1. The van der Waals surface area contributed by atoms with Gasteiger partial charge in [0.15, 0.2) is 0 Å². The minimum Gasteiger partial charge on any atom is -0.366 e. The zero-order valence-corrected chi connectivity index (χ0v) is 12.5. The first-order valence-corrected chi connectivity index (χ1v) is 7.09. The summed E-state index contributed by atoms with van der Waals surface area (Å²) in [6.07, 6.45) is 0. The van der Waals surface area contributed by atoms with Crippen LogP contribution in [0.25, 0.3) is 0 Å². The van der Waals surface area contributed by atoms with Crippen LogP contribution in [0.15, 0.2) is 24.3 Å². The molecule has 2 rings (SSSR count). The molecule has 1 aliphatic heterocycles. The summed E-state index contributed by atoms with van der Waals surface area (Å²) in [6.45, 7) is 7.15. The van der Waals surface area contributed by atoms with E-state index >= 15 is 0 Å². The number of nitrogens with zero attached hydrogens (tertiary/aromatic N) is 1. The van der Waals surface area contributed by atoms with E-state index in [1.54, 1.807) is 24.3 Å². The first-order valence-electron chi connectivity index (χ1n) is 7.09. The molecule has 0 saturated carbocycles. The molecule has 0 unspecified atom stereocenters. The summed E-state index contributed by atoms with van der Waals surface area (Å²) in [5.74, 6) is -0.691. The molecule has 0 radical (unpaired) electrons. The van der Waals surface area contributed by atoms with Crippen molar-refractivity contribution in [2.24, 2.45) is 5.73 Å². The third kappa shape index (κ3) is 3.40. The molecule has 1 aromatic rings. The van der Waals surface area contributed by atoms with Gasteiger partial charge in [0.25, 0.3) is 5.91 Å². The van der Waals surface area contributed by atoms with Crippen molar-refractivity contribution in [2.75, 3.05) is 31.5 Å². The summed E-state index contributed by atoms with van der Waals surface area (Å²) < 4.78 is 0. The summed E-state index contributed by atoms with van der Waals surface area (Å²) in [7, 11) is 0. The van der Waals surface area contributed by atoms with E-state index < -0.39 is 11.4 Å². The summed E-state index contributed by atoms with van der Waals surface area (Å²) in [5, 5.41) is 6.09. The molecular formula is C15H22N4O2. The van der Waals surface area contributed by atoms with Crippen LogP contribution in [-0.2, 0) is 4.79 Å². The fourth-order valence-corrected chi connectivity index (χ4v) is 2.45. The lowest BCUT2D eigenvalue weighted by Gasteiger charge is -2.39. The maximum absolute atomic E-state index is 12.6. The second-order valence-electron chi connectivity index (χ2n) is 5.66. The van der Waals surface area contributed by atoms with Crippen LogP contribution >= 0.6 is 0 Å². The van der Waals surface area contributed by atoms with E-state index in [-0.39, 0.29) is 5.91 Å². The number of carbonyl (C=O) groups excluding carboxylic acids is 2. The van der Waals surface area contributed by atoms with Gasteiger partial charge in [-0.3, -0.25) is 14.5 Å². The average Bonchev–Trinajstić information content (AvgIpc) is 2.48. The summed E-state index contributed by atoms with van der Waals surface area (Å²) in [6, 6.07) is 6.78. The van der Waals surface area contributed by atoms with Crippen LogP contribution in [0.5, 0.6) is 0 Å². The minimum atomic E-state index is -0.646. The quantitative estimate of drug-likeness (QED) is 0.749. The van der Waals surface area contributed by atoms with Gasteiger partial charge in [-0.15, -0.1) is 0 Å². The molecule has 2 amide bonds. The number of nitrogens with two attached hydrogens (primary N) is 1. The van der Waals surface area contributed by atoms with Crippen molar-refractivity contribution >= 4 is 17.5 Å². The molecule has 0 aromatic heterocycles. The zero-order chi connectivity index (χ0) is 15.5. The maximum Gasteiger partial charge on any atom is 0.250 e. The summed E-state index contributed by atoms with van der Waals surface area (Å²) >= 11 is 0. The standard InChI is InChI=1S/C15H22N4O2/c1-15(2,19-9-7-17-8-10-19)14(21)18-12-6-4-3-5-11(12)13(16)20/h3-6,17H,7-10H2,1-2H3,(H2,16,20)(H,18,21). The normalized spacial score (nSPS) is 16.5. The Kier molecular flexibility index (Phi) is 4.59. The van der Waals surface area contributed by atoms with Crippen LogP contribution in [-0.4, -0.2) is 48.4 Å². The molecular weight excluding hydrogens is 268 g/mol. The Bertz CT molecular complexity index is 536. The smallest absolute Gasteiger partial charge is 0.250 e. The Morgan fingerprint density at radius 1 is 1.24 bits per heavy atom. The number of para-hydroxylation sites is 1. The van der Waals surface area contributed by atoms with Gasteiger partial charge in [-0.2, -0.15) is 0 Å². The van der Waals surface area contributed by atoms with Gasteiger partial charge in [0, 0.05) is 26.2 Å². The predicted molar refractivity (Wildman–Crippen MR) is 82.1 cm³/mol. The number of amides is 2. The van der Waals surface area contributed by atoms with Crippen molar-refractivity contribution in [1.82, 2.24) is 10.2 Å². The van der Waals surface area contributed by atoms with E-state index in [4.69, 9.17) is 5.73 Å². The van der Waals surface area contributed by atoms with Gasteiger partial charge in [0.2, 0.25) is 5.91 Å². The number of hydrogen-bond acceptors (Lipinski definition) is 4. The molecule has 0 atom stereocenters. The number of hydrogen-bond donors (Lipinski definition) is 3. The lowest BCUT2D eigenvalue weighted by atomic mass is 10.00. The highest BCUT2D eigenvalue weighted by molar-refractivity contribution is 6.05. The molecule has 1 aliphatic rings. The highest BCUT2D eigenvalue weighted by Gasteiger charge is 2.35. The second-order valence-corrected chi connectivity index (χ2v) is 5.66. The van der Waals surface area contributed by atoms with Gasteiger partial charge in [0.05, 0.1) is 16.8 Å². The molecule has 0 aliphatic carbocycles. The largest absolute Gasteiger partial charge is 0.366 e. The zero-order valence-electron chi connectivity index (χ0n) is 12.5. The molecule has 1 saturated heterocycles. The topological polar surface area (TPSA) is 87.5 Å². The lowest BCUT2D eigenvalue weighted by molar-refractivity contribution is -0.126. The van der Waals surface area contributed by atoms with Gasteiger partial charge >= 0.3 is 0 Å². The highest BCUT2D eigenvalue weighted by atomic mass is 16.2. The fourth-order valence-electron chi connectivity index (χ4n) is 2.45. The number of anilines is 1. The van der Waals surface area contributed by atoms with E-state index in [2.05, 4.69) is 15.5 Å². The van der Waals surface area contributed by atoms with Crippen LogP contribution in [0.3, 0.4) is 0 Å². The maximum atomic E-state index is 12.6. The van der Waals surface area contributed by atoms with Gasteiger partial charge in [-0.1, -0.05) is 12.1 Å². The summed E-state index contributed by atoms with van der Waals surface area (Å²) in [5.41, 5.74) is 5.47. The fraction of sp³-hybridized carbons (Fsp3) is 0.467. The van der Waals surface area contributed by atoms with E-state index in [0.717, 1.165) is 26.2 Å². The molecule has 1 heterocycles. The van der Waals surface area contributed by atoms with Gasteiger partial charge < -0.3 is 16.4 Å². The number of rotatable bonds is 4. The predicted octanol–water partition coefficient (Wildman–Crippen LogP) is 0.408. The number of piperazine rings is 1. The Balaban J connectivity index is 2.15. The molecule has 6 heteroatoms. The molecule has 1 aromatic carbocycles. The Hall–Kier alpha value is -1.92. The first-order chi connectivity index (χ1) is 9.93. The van der Waals surface area contributed by atoms with Crippen molar-refractivity contribution in [3.05, 3.63) is 29.8 Å². The highest BCUT2D eigenvalue weighted by Crippen LogP contribution is 2.20. The van der Waals surface area contributed by atoms with Crippen molar-refractivity contribution in [1.29, 1.82) is 0 Å². The van der Waals surface area contributed by atoms with E-state index in [1.807, 2.05) is 13.8 Å². The molecule has 21 heavy (non-hydrogen) atoms. The van der Waals surface area contributed by atoms with Crippen LogP contribution in [0.2, 0.25) is 0 Å². The molecule has 0 bridgehead atoms. The van der Waals surface area contributed by atoms with Crippen LogP contribution in [0.1, 0.15) is 24.2 Å². The Morgan fingerprint density at radius 3 is 2.48 bits per heavy atom. The van der Waals surface area contributed by atoms with E-state index in [0.29, 0.717) is 11.3 Å². The van der Waals surface area contributed by atoms with Crippen LogP contribution in [0.4, 0.5) is 5.69 Å². The van der Waals surface area contributed by atoms with Crippen LogP contribution in [0, 0.1) is 0 Å². The first kappa shape index (κ1) is 15.5. The Morgan fingerprint density at radius 2 is 1.86 bits per heavy atom. The van der Waals surface area contributed by atoms with E-state index in [9.17, 15) is 9.59 Å². The summed E-state index contributed by atoms with van der Waals surface area (Å²) in [4.78, 5) is 26.1. The molecule has 0 spiro atoms. The molecule has 114 valence electrons. The van der Waals surface area contributed by atoms with Crippen molar-refractivity contribution < 1.29 is 9.59 Å². The lowest BCUT2D eigenvalue weighted by Crippen LogP contribution is -2.58. The number of carbonyl (C=O) groups is 2. The number of benzene rings is 1. The SMILES string of the molecule is CC(C)(C(=O)Nc1ccccc1C(N)=O)N1CCNCC1. The second kappa shape index (κ2) is 6.24. The van der Waals surface area contributed by atoms with Gasteiger partial charge in [0.1, 0.15) is 0 Å². The minimum absolute atomic E-state index is 0.141. The van der Waals surface area contributed by atoms with Crippen molar-refractivity contribution in [3.63, 3.8) is 0 Å². The molecule has 1 fully saturated rings. The monoisotopic (exact) mass is 290 g/mol.